The van der Waals surface area contributed by atoms with Crippen LogP contribution in [0.25, 0.3) is 22.6 Å². The van der Waals surface area contributed by atoms with Crippen molar-refractivity contribution in [2.45, 2.75) is 33.1 Å². The van der Waals surface area contributed by atoms with Crippen molar-refractivity contribution in [2.75, 3.05) is 19.9 Å². The molecule has 7 heteroatoms. The average Bonchev–Trinajstić information content (AvgIpc) is 3.33. The van der Waals surface area contributed by atoms with Crippen molar-refractivity contribution in [3.05, 3.63) is 64.8 Å². The highest BCUT2D eigenvalue weighted by atomic mass is 16.7. The number of nitrogens with zero attached hydrogens (tertiary/aromatic N) is 1. The van der Waals surface area contributed by atoms with Crippen molar-refractivity contribution in [2.24, 2.45) is 5.92 Å². The van der Waals surface area contributed by atoms with Crippen LogP contribution in [0, 0.1) is 5.92 Å². The van der Waals surface area contributed by atoms with E-state index in [1.165, 1.54) is 0 Å². The Balaban J connectivity index is 1.50. The van der Waals surface area contributed by atoms with Crippen molar-refractivity contribution in [3.63, 3.8) is 0 Å². The standard InChI is InChI=1S/C28H28N2O5/c1-17(2)14-29-25(31)15-33-28(32)26-20-7-3-4-9-22(20)30-27-19(6-5-8-21(26)27)12-18-10-11-23-24(13-18)35-16-34-23/h3-4,7,9-13,17H,5-6,8,14-16H2,1-2H3,(H,29,31). The van der Waals surface area contributed by atoms with Gasteiger partial charge in [-0.05, 0) is 66.2 Å². The zero-order valence-corrected chi connectivity index (χ0v) is 19.9. The van der Waals surface area contributed by atoms with Gasteiger partial charge in [0.1, 0.15) is 0 Å². The molecule has 1 aliphatic heterocycles. The first-order valence-electron chi connectivity index (χ1n) is 12.0. The minimum absolute atomic E-state index is 0.229. The first-order valence-corrected chi connectivity index (χ1v) is 12.0. The number of nitrogens with one attached hydrogen (secondary N) is 1. The third-order valence-corrected chi connectivity index (χ3v) is 6.15. The maximum absolute atomic E-state index is 13.3. The fraction of sp³-hybridized carbons (Fsp3) is 0.321. The molecule has 1 N–H and O–H groups in total. The van der Waals surface area contributed by atoms with E-state index in [2.05, 4.69) is 11.4 Å². The Morgan fingerprint density at radius 2 is 1.94 bits per heavy atom. The number of fused-ring (bicyclic) bond motifs is 3. The number of carbonyl (C=O) groups is 2. The van der Waals surface area contributed by atoms with Gasteiger partial charge in [-0.15, -0.1) is 0 Å². The Bertz CT molecular complexity index is 1330. The van der Waals surface area contributed by atoms with Gasteiger partial charge in [0.05, 0.1) is 16.8 Å². The molecule has 0 spiro atoms. The molecule has 0 bridgehead atoms. The molecule has 1 amide bonds. The summed E-state index contributed by atoms with van der Waals surface area (Å²) in [5.41, 5.74) is 4.94. The van der Waals surface area contributed by atoms with Crippen LogP contribution in [0.4, 0.5) is 0 Å². The lowest BCUT2D eigenvalue weighted by Crippen LogP contribution is -2.31. The molecule has 0 radical (unpaired) electrons. The molecule has 0 saturated heterocycles. The first kappa shape index (κ1) is 22.9. The summed E-state index contributed by atoms with van der Waals surface area (Å²) in [7, 11) is 0. The van der Waals surface area contributed by atoms with Crippen LogP contribution in [0.2, 0.25) is 0 Å². The number of ether oxygens (including phenoxy) is 3. The first-order chi connectivity index (χ1) is 17.0. The minimum Gasteiger partial charge on any atom is -0.454 e. The molecule has 2 heterocycles. The summed E-state index contributed by atoms with van der Waals surface area (Å²) in [5, 5.41) is 3.52. The second kappa shape index (κ2) is 9.78. The molecule has 0 unspecified atom stereocenters. The zero-order valence-electron chi connectivity index (χ0n) is 19.9. The van der Waals surface area contributed by atoms with Crippen molar-refractivity contribution in [1.82, 2.24) is 10.3 Å². The van der Waals surface area contributed by atoms with E-state index in [0.717, 1.165) is 64.1 Å². The van der Waals surface area contributed by atoms with Gasteiger partial charge < -0.3 is 19.5 Å². The molecular formula is C28H28N2O5. The van der Waals surface area contributed by atoms with Crippen LogP contribution in [0.5, 0.6) is 11.5 Å². The number of carbonyl (C=O) groups excluding carboxylic acids is 2. The molecule has 180 valence electrons. The van der Waals surface area contributed by atoms with E-state index in [9.17, 15) is 9.59 Å². The summed E-state index contributed by atoms with van der Waals surface area (Å²) in [6, 6.07) is 13.4. The van der Waals surface area contributed by atoms with Gasteiger partial charge in [-0.3, -0.25) is 4.79 Å². The Morgan fingerprint density at radius 1 is 1.11 bits per heavy atom. The number of hydrogen-bond acceptors (Lipinski definition) is 6. The Labute approximate surface area is 204 Å². The van der Waals surface area contributed by atoms with Gasteiger partial charge in [0.15, 0.2) is 18.1 Å². The van der Waals surface area contributed by atoms with Crippen LogP contribution in [-0.4, -0.2) is 36.8 Å². The number of amides is 1. The van der Waals surface area contributed by atoms with Crippen LogP contribution in [0.15, 0.2) is 42.5 Å². The second-order valence-corrected chi connectivity index (χ2v) is 9.24. The molecule has 0 fully saturated rings. The smallest absolute Gasteiger partial charge is 0.339 e. The molecule has 1 aliphatic carbocycles. The van der Waals surface area contributed by atoms with E-state index in [0.29, 0.717) is 18.0 Å². The zero-order chi connectivity index (χ0) is 24.4. The van der Waals surface area contributed by atoms with Crippen molar-refractivity contribution in [3.8, 4) is 11.5 Å². The van der Waals surface area contributed by atoms with Crippen LogP contribution in [0.1, 0.15) is 53.9 Å². The number of allylic oxidation sites excluding steroid dienone is 1. The molecule has 7 nitrogen and oxygen atoms in total. The van der Waals surface area contributed by atoms with Crippen LogP contribution in [0.3, 0.4) is 0 Å². The number of rotatable bonds is 6. The topological polar surface area (TPSA) is 86.8 Å². The van der Waals surface area contributed by atoms with E-state index >= 15 is 0 Å². The number of benzene rings is 2. The normalized spacial score (nSPS) is 15.3. The van der Waals surface area contributed by atoms with Gasteiger partial charge in [-0.25, -0.2) is 9.78 Å². The third kappa shape index (κ3) is 4.85. The number of hydrogen-bond donors (Lipinski definition) is 1. The minimum atomic E-state index is -0.496. The number of aromatic nitrogens is 1. The van der Waals surface area contributed by atoms with E-state index in [1.807, 2.05) is 56.3 Å². The lowest BCUT2D eigenvalue weighted by atomic mass is 9.86. The highest BCUT2D eigenvalue weighted by Crippen LogP contribution is 2.38. The van der Waals surface area contributed by atoms with Crippen molar-refractivity contribution < 1.29 is 23.8 Å². The summed E-state index contributed by atoms with van der Waals surface area (Å²) in [5.74, 6) is 0.983. The van der Waals surface area contributed by atoms with E-state index in [1.54, 1.807) is 0 Å². The largest absolute Gasteiger partial charge is 0.454 e. The fourth-order valence-electron chi connectivity index (χ4n) is 4.48. The predicted octanol–water partition coefficient (Wildman–Crippen LogP) is 4.77. The second-order valence-electron chi connectivity index (χ2n) is 9.24. The molecule has 2 aliphatic rings. The fourth-order valence-corrected chi connectivity index (χ4v) is 4.48. The van der Waals surface area contributed by atoms with E-state index in [4.69, 9.17) is 19.2 Å². The Kier molecular flexibility index (Phi) is 6.40. The van der Waals surface area contributed by atoms with Crippen LogP contribution in [-0.2, 0) is 16.0 Å². The molecule has 35 heavy (non-hydrogen) atoms. The lowest BCUT2D eigenvalue weighted by molar-refractivity contribution is -0.124. The summed E-state index contributed by atoms with van der Waals surface area (Å²) in [6.07, 6.45) is 4.54. The number of esters is 1. The summed E-state index contributed by atoms with van der Waals surface area (Å²) >= 11 is 0. The highest BCUT2D eigenvalue weighted by molar-refractivity contribution is 6.07. The van der Waals surface area contributed by atoms with Crippen LogP contribution < -0.4 is 14.8 Å². The van der Waals surface area contributed by atoms with Crippen molar-refractivity contribution in [1.29, 1.82) is 0 Å². The molecule has 0 saturated carbocycles. The number of pyridine rings is 1. The van der Waals surface area contributed by atoms with Gasteiger partial charge in [0.2, 0.25) is 6.79 Å². The summed E-state index contributed by atoms with van der Waals surface area (Å²) in [4.78, 5) is 30.4. The maximum Gasteiger partial charge on any atom is 0.339 e. The molecule has 1 aromatic heterocycles. The van der Waals surface area contributed by atoms with Gasteiger partial charge in [0, 0.05) is 11.9 Å². The third-order valence-electron chi connectivity index (χ3n) is 6.15. The lowest BCUT2D eigenvalue weighted by Gasteiger charge is -2.22. The Morgan fingerprint density at radius 3 is 2.80 bits per heavy atom. The maximum atomic E-state index is 13.3. The van der Waals surface area contributed by atoms with Gasteiger partial charge in [0.25, 0.3) is 5.91 Å². The van der Waals surface area contributed by atoms with Crippen molar-refractivity contribution >= 4 is 34.4 Å². The Hall–Kier alpha value is -3.87. The van der Waals surface area contributed by atoms with Gasteiger partial charge in [-0.2, -0.15) is 0 Å². The molecule has 2 aromatic carbocycles. The molecule has 3 aromatic rings. The quantitative estimate of drug-likeness (QED) is 0.520. The summed E-state index contributed by atoms with van der Waals surface area (Å²) in [6.45, 7) is 4.48. The summed E-state index contributed by atoms with van der Waals surface area (Å²) < 4.78 is 16.4. The highest BCUT2D eigenvalue weighted by Gasteiger charge is 2.26. The van der Waals surface area contributed by atoms with Crippen LogP contribution >= 0.6 is 0 Å². The molecule has 5 rings (SSSR count). The predicted molar refractivity (Wildman–Crippen MR) is 133 cm³/mol. The van der Waals surface area contributed by atoms with E-state index < -0.39 is 5.97 Å². The van der Waals surface area contributed by atoms with Gasteiger partial charge in [-0.1, -0.05) is 38.1 Å². The van der Waals surface area contributed by atoms with Gasteiger partial charge >= 0.3 is 5.97 Å². The number of para-hydroxylation sites is 1. The van der Waals surface area contributed by atoms with E-state index in [-0.39, 0.29) is 19.3 Å². The molecule has 0 atom stereocenters. The SMILES string of the molecule is CC(C)CNC(=O)COC(=O)c1c2c(nc3ccccc13)C(=Cc1ccc3c(c1)OCO3)CCC2. The average molecular weight is 473 g/mol. The molecular weight excluding hydrogens is 444 g/mol. The monoisotopic (exact) mass is 472 g/mol.